The van der Waals surface area contributed by atoms with Crippen LogP contribution in [0.2, 0.25) is 5.15 Å². The van der Waals surface area contributed by atoms with Gasteiger partial charge in [0, 0.05) is 6.54 Å². The summed E-state index contributed by atoms with van der Waals surface area (Å²) in [6.07, 6.45) is 2.49. The molecule has 1 aromatic carbocycles. The number of anilines is 1. The van der Waals surface area contributed by atoms with Gasteiger partial charge in [-0.15, -0.1) is 0 Å². The van der Waals surface area contributed by atoms with E-state index in [9.17, 15) is 4.79 Å². The van der Waals surface area contributed by atoms with Gasteiger partial charge in [-0.3, -0.25) is 0 Å². The first-order valence-electron chi connectivity index (χ1n) is 7.96. The van der Waals surface area contributed by atoms with Crippen LogP contribution in [-0.4, -0.2) is 42.6 Å². The fourth-order valence-electron chi connectivity index (χ4n) is 2.87. The molecule has 7 heteroatoms. The number of aromatic nitrogens is 1. The lowest BCUT2D eigenvalue weighted by Crippen LogP contribution is -2.29. The Hall–Kier alpha value is -1.63. The van der Waals surface area contributed by atoms with Crippen LogP contribution in [0.15, 0.2) is 30.3 Å². The molecule has 1 unspecified atom stereocenters. The molecule has 128 valence electrons. The van der Waals surface area contributed by atoms with E-state index in [-0.39, 0.29) is 11.2 Å². The summed E-state index contributed by atoms with van der Waals surface area (Å²) < 4.78 is 4.74. The number of ether oxygens (including phenoxy) is 1. The molecule has 0 amide bonds. The first-order chi connectivity index (χ1) is 11.7. The first kappa shape index (κ1) is 17.2. The average molecular weight is 366 g/mol. The molecule has 3 rings (SSSR count). The van der Waals surface area contributed by atoms with Crippen molar-refractivity contribution in [2.75, 3.05) is 32.1 Å². The molecule has 0 aliphatic carbocycles. The van der Waals surface area contributed by atoms with Gasteiger partial charge in [-0.25, -0.2) is 9.78 Å². The highest BCUT2D eigenvalue weighted by atomic mass is 35.5. The van der Waals surface area contributed by atoms with Crippen molar-refractivity contribution < 1.29 is 9.53 Å². The quantitative estimate of drug-likeness (QED) is 0.788. The third-order valence-corrected chi connectivity index (χ3v) is 5.45. The summed E-state index contributed by atoms with van der Waals surface area (Å²) in [7, 11) is 1.34. The van der Waals surface area contributed by atoms with Gasteiger partial charge in [0.25, 0.3) is 0 Å². The third-order valence-electron chi connectivity index (χ3n) is 4.10. The van der Waals surface area contributed by atoms with Gasteiger partial charge < -0.3 is 15.0 Å². The monoisotopic (exact) mass is 365 g/mol. The van der Waals surface area contributed by atoms with Crippen molar-refractivity contribution in [3.05, 3.63) is 45.9 Å². The maximum Gasteiger partial charge on any atom is 0.351 e. The minimum atomic E-state index is -0.457. The molecule has 1 N–H and O–H groups in total. The smallest absolute Gasteiger partial charge is 0.351 e. The molecule has 24 heavy (non-hydrogen) atoms. The zero-order chi connectivity index (χ0) is 16.9. The summed E-state index contributed by atoms with van der Waals surface area (Å²) in [4.78, 5) is 18.8. The number of rotatable bonds is 6. The second-order valence-electron chi connectivity index (χ2n) is 5.75. The number of carbonyl (C=O) groups excluding carboxylic acids is 1. The average Bonchev–Trinajstić information content (AvgIpc) is 3.24. The highest BCUT2D eigenvalue weighted by Crippen LogP contribution is 2.31. The Kier molecular flexibility index (Phi) is 5.71. The Morgan fingerprint density at radius 1 is 1.38 bits per heavy atom. The summed E-state index contributed by atoms with van der Waals surface area (Å²) in [5, 5.41) is 4.25. The van der Waals surface area contributed by atoms with Gasteiger partial charge in [0.15, 0.2) is 15.2 Å². The molecule has 1 fully saturated rings. The predicted molar refractivity (Wildman–Crippen MR) is 96.9 cm³/mol. The van der Waals surface area contributed by atoms with E-state index >= 15 is 0 Å². The summed E-state index contributed by atoms with van der Waals surface area (Å²) >= 11 is 7.29. The van der Waals surface area contributed by atoms with Crippen LogP contribution in [0.5, 0.6) is 0 Å². The van der Waals surface area contributed by atoms with Crippen molar-refractivity contribution in [1.29, 1.82) is 0 Å². The molecule has 2 aromatic rings. The van der Waals surface area contributed by atoms with Crippen LogP contribution in [-0.2, 0) is 4.74 Å². The molecule has 1 aliphatic heterocycles. The molecule has 5 nitrogen and oxygen atoms in total. The number of likely N-dealkylation sites (tertiary alicyclic amines) is 1. The molecular formula is C17H20ClN3O2S. The van der Waals surface area contributed by atoms with E-state index in [0.717, 1.165) is 19.6 Å². The number of nitrogens with zero attached hydrogens (tertiary/aromatic N) is 2. The highest BCUT2D eigenvalue weighted by molar-refractivity contribution is 7.18. The molecule has 1 aliphatic rings. The molecule has 0 bridgehead atoms. The summed E-state index contributed by atoms with van der Waals surface area (Å²) in [6.45, 7) is 3.14. The first-order valence-corrected chi connectivity index (χ1v) is 9.15. The number of halogens is 1. The maximum absolute atomic E-state index is 11.7. The SMILES string of the molecule is COC(=O)c1sc(NC(CN2CCCC2)c2ccccc2)nc1Cl. The standard InChI is InChI=1S/C17H20ClN3O2S/c1-23-16(22)14-15(18)20-17(24-14)19-13(11-21-9-5-6-10-21)12-7-3-2-4-8-12/h2-4,7-8,13H,5-6,9-11H2,1H3,(H,19,20). The van der Waals surface area contributed by atoms with Gasteiger partial charge in [0.2, 0.25) is 0 Å². The van der Waals surface area contributed by atoms with Gasteiger partial charge in [-0.1, -0.05) is 53.3 Å². The lowest BCUT2D eigenvalue weighted by atomic mass is 10.1. The number of hydrogen-bond donors (Lipinski definition) is 1. The van der Waals surface area contributed by atoms with Crippen LogP contribution >= 0.6 is 22.9 Å². The van der Waals surface area contributed by atoms with Crippen molar-refractivity contribution in [1.82, 2.24) is 9.88 Å². The van der Waals surface area contributed by atoms with Crippen LogP contribution in [0.4, 0.5) is 5.13 Å². The largest absolute Gasteiger partial charge is 0.465 e. The minimum Gasteiger partial charge on any atom is -0.465 e. The number of carbonyl (C=O) groups is 1. The molecular weight excluding hydrogens is 346 g/mol. The minimum absolute atomic E-state index is 0.0945. The van der Waals surface area contributed by atoms with E-state index in [0.29, 0.717) is 10.0 Å². The van der Waals surface area contributed by atoms with Crippen LogP contribution in [0.3, 0.4) is 0 Å². The Balaban J connectivity index is 1.79. The summed E-state index contributed by atoms with van der Waals surface area (Å²) in [6, 6.07) is 10.4. The van der Waals surface area contributed by atoms with E-state index in [1.165, 1.54) is 36.9 Å². The van der Waals surface area contributed by atoms with E-state index in [4.69, 9.17) is 16.3 Å². The molecule has 0 spiro atoms. The van der Waals surface area contributed by atoms with Gasteiger partial charge >= 0.3 is 5.97 Å². The van der Waals surface area contributed by atoms with Crippen LogP contribution in [0.1, 0.15) is 34.1 Å². The number of methoxy groups -OCH3 is 1. The van der Waals surface area contributed by atoms with Crippen molar-refractivity contribution in [3.63, 3.8) is 0 Å². The van der Waals surface area contributed by atoms with E-state index in [1.54, 1.807) is 0 Å². The Labute approximate surface area is 150 Å². The zero-order valence-electron chi connectivity index (χ0n) is 13.5. The highest BCUT2D eigenvalue weighted by Gasteiger charge is 2.22. The van der Waals surface area contributed by atoms with E-state index < -0.39 is 5.97 Å². The zero-order valence-corrected chi connectivity index (χ0v) is 15.1. The second-order valence-corrected chi connectivity index (χ2v) is 7.10. The van der Waals surface area contributed by atoms with E-state index in [2.05, 4.69) is 27.3 Å². The second kappa shape index (κ2) is 7.96. The molecule has 2 heterocycles. The molecule has 1 aromatic heterocycles. The number of hydrogen-bond acceptors (Lipinski definition) is 6. The van der Waals surface area contributed by atoms with Crippen molar-refractivity contribution in [3.8, 4) is 0 Å². The lowest BCUT2D eigenvalue weighted by molar-refractivity contribution is 0.0606. The van der Waals surface area contributed by atoms with Crippen molar-refractivity contribution in [2.45, 2.75) is 18.9 Å². The molecule has 0 saturated carbocycles. The Morgan fingerprint density at radius 2 is 2.08 bits per heavy atom. The Bertz CT molecular complexity index is 686. The van der Waals surface area contributed by atoms with Crippen LogP contribution in [0.25, 0.3) is 0 Å². The van der Waals surface area contributed by atoms with E-state index in [1.807, 2.05) is 18.2 Å². The fourth-order valence-corrected chi connectivity index (χ4v) is 4.03. The fraction of sp³-hybridized carbons (Fsp3) is 0.412. The maximum atomic E-state index is 11.7. The number of benzene rings is 1. The predicted octanol–water partition coefficient (Wildman–Crippen LogP) is 3.83. The van der Waals surface area contributed by atoms with Crippen LogP contribution in [0, 0.1) is 0 Å². The number of thiazole rings is 1. The third kappa shape index (κ3) is 4.06. The Morgan fingerprint density at radius 3 is 2.75 bits per heavy atom. The molecule has 0 radical (unpaired) electrons. The van der Waals surface area contributed by atoms with Gasteiger partial charge in [-0.05, 0) is 31.5 Å². The molecule has 1 saturated heterocycles. The number of esters is 1. The summed E-state index contributed by atoms with van der Waals surface area (Å²) in [5.41, 5.74) is 1.19. The van der Waals surface area contributed by atoms with Crippen molar-refractivity contribution in [2.24, 2.45) is 0 Å². The van der Waals surface area contributed by atoms with Gasteiger partial charge in [0.05, 0.1) is 13.2 Å². The lowest BCUT2D eigenvalue weighted by Gasteiger charge is -2.24. The normalized spacial score (nSPS) is 16.1. The van der Waals surface area contributed by atoms with Gasteiger partial charge in [0.1, 0.15) is 0 Å². The van der Waals surface area contributed by atoms with Crippen molar-refractivity contribution >= 4 is 34.0 Å². The van der Waals surface area contributed by atoms with Crippen LogP contribution < -0.4 is 5.32 Å². The number of nitrogens with one attached hydrogen (secondary N) is 1. The van der Waals surface area contributed by atoms with Gasteiger partial charge in [-0.2, -0.15) is 0 Å². The topological polar surface area (TPSA) is 54.5 Å². The summed E-state index contributed by atoms with van der Waals surface area (Å²) in [5.74, 6) is -0.457. The molecule has 1 atom stereocenters.